The molecule has 0 saturated heterocycles. The Balaban J connectivity index is -0.0000000495. The first kappa shape index (κ1) is 35.5. The summed E-state index contributed by atoms with van der Waals surface area (Å²) in [7, 11) is 0. The van der Waals surface area contributed by atoms with Crippen LogP contribution in [0.5, 0.6) is 0 Å². The van der Waals surface area contributed by atoms with Crippen molar-refractivity contribution >= 4 is 23.9 Å². The molecule has 0 spiro atoms. The predicted octanol–water partition coefficient (Wildman–Crippen LogP) is -1.96. The Morgan fingerprint density at radius 2 is 0.840 bits per heavy atom. The van der Waals surface area contributed by atoms with Gasteiger partial charge in [0.2, 0.25) is 0 Å². The normalized spacial score (nSPS) is 12.9. The van der Waals surface area contributed by atoms with Gasteiger partial charge < -0.3 is 33.3 Å². The molecule has 0 atom stereocenters. The van der Waals surface area contributed by atoms with Crippen molar-refractivity contribution < 1.29 is 92.4 Å². The van der Waals surface area contributed by atoms with Crippen LogP contribution in [0.3, 0.4) is 0 Å². The molecule has 0 aromatic rings. The Bertz CT molecular complexity index is 310. The van der Waals surface area contributed by atoms with Crippen molar-refractivity contribution in [2.24, 2.45) is 11.5 Å². The summed E-state index contributed by atoms with van der Waals surface area (Å²) in [5.41, 5.74) is 11.0. The summed E-state index contributed by atoms with van der Waals surface area (Å²) < 4.78 is 0. The first-order chi connectivity index (χ1) is 10.6. The fourth-order valence-electron chi connectivity index (χ4n) is 1.21. The van der Waals surface area contributed by atoms with E-state index in [0.29, 0.717) is 0 Å². The molecule has 0 aromatic heterocycles. The molecule has 0 aromatic carbocycles. The summed E-state index contributed by atoms with van der Waals surface area (Å²) in [5, 5.41) is 29.7. The molecule has 0 bridgehead atoms. The number of hydrogen-bond donors (Lipinski definition) is 6. The monoisotopic (exact) mass is 394 g/mol. The van der Waals surface area contributed by atoms with Crippen LogP contribution in [-0.4, -0.2) is 50.0 Å². The molecular formula is C14H31KN2O8. The quantitative estimate of drug-likeness (QED) is 0.198. The number of carbonyl (C=O) groups is 4. The van der Waals surface area contributed by atoms with Crippen LogP contribution in [-0.2, 0) is 19.2 Å². The molecule has 1 saturated carbocycles. The van der Waals surface area contributed by atoms with Gasteiger partial charge >= 0.3 is 51.4 Å². The van der Waals surface area contributed by atoms with Gasteiger partial charge in [0.05, 0.1) is 5.66 Å². The molecule has 0 amide bonds. The maximum Gasteiger partial charge on any atom is 1.00 e. The zero-order chi connectivity index (χ0) is 20.3. The van der Waals surface area contributed by atoms with Crippen molar-refractivity contribution in [1.29, 1.82) is 0 Å². The molecule has 146 valence electrons. The van der Waals surface area contributed by atoms with E-state index in [0.717, 1.165) is 40.5 Å². The summed E-state index contributed by atoms with van der Waals surface area (Å²) in [6.45, 7) is 4.33. The SMILES string of the molecule is CC(=O)O.CC(=O)O.CC(=O)O.CC(=O)O.NC1(N)CCCCC1.[H-].[K+]. The van der Waals surface area contributed by atoms with Crippen LogP contribution in [0.4, 0.5) is 0 Å². The Labute approximate surface area is 191 Å². The van der Waals surface area contributed by atoms with Gasteiger partial charge in [-0.2, -0.15) is 0 Å². The largest absolute Gasteiger partial charge is 1.00 e. The average molecular weight is 395 g/mol. The molecule has 0 aliphatic heterocycles. The number of rotatable bonds is 0. The van der Waals surface area contributed by atoms with E-state index in [4.69, 9.17) is 51.1 Å². The number of hydrogen-bond acceptors (Lipinski definition) is 6. The van der Waals surface area contributed by atoms with E-state index in [1.165, 1.54) is 19.3 Å². The maximum absolute atomic E-state index is 9.00. The van der Waals surface area contributed by atoms with Crippen LogP contribution in [0.25, 0.3) is 0 Å². The smallest absolute Gasteiger partial charge is 1.00 e. The summed E-state index contributed by atoms with van der Waals surface area (Å²) in [6, 6.07) is 0. The van der Waals surface area contributed by atoms with Gasteiger partial charge in [-0.1, -0.05) is 19.3 Å². The third-order valence-electron chi connectivity index (χ3n) is 1.78. The van der Waals surface area contributed by atoms with Crippen molar-refractivity contribution in [2.75, 3.05) is 0 Å². The zero-order valence-electron chi connectivity index (χ0n) is 16.6. The van der Waals surface area contributed by atoms with Gasteiger partial charge in [0, 0.05) is 27.7 Å². The number of nitrogens with two attached hydrogens (primary N) is 2. The van der Waals surface area contributed by atoms with Crippen LogP contribution >= 0.6 is 0 Å². The molecule has 0 unspecified atom stereocenters. The maximum atomic E-state index is 9.00. The van der Waals surface area contributed by atoms with Crippen LogP contribution in [0.15, 0.2) is 0 Å². The van der Waals surface area contributed by atoms with Gasteiger partial charge in [0.15, 0.2) is 0 Å². The topological polar surface area (TPSA) is 201 Å². The first-order valence-corrected chi connectivity index (χ1v) is 7.00. The molecule has 8 N–H and O–H groups in total. The third-order valence-corrected chi connectivity index (χ3v) is 1.78. The predicted molar refractivity (Wildman–Crippen MR) is 88.5 cm³/mol. The van der Waals surface area contributed by atoms with Crippen LogP contribution < -0.4 is 62.9 Å². The second kappa shape index (κ2) is 23.4. The molecule has 11 heteroatoms. The van der Waals surface area contributed by atoms with Crippen LogP contribution in [0, 0.1) is 0 Å². The molecule has 1 aliphatic carbocycles. The summed E-state index contributed by atoms with van der Waals surface area (Å²) >= 11 is 0. The van der Waals surface area contributed by atoms with Crippen molar-refractivity contribution in [3.05, 3.63) is 0 Å². The van der Waals surface area contributed by atoms with Gasteiger partial charge in [0.1, 0.15) is 0 Å². The minimum absolute atomic E-state index is 0. The third kappa shape index (κ3) is 121. The first-order valence-electron chi connectivity index (χ1n) is 7.00. The van der Waals surface area contributed by atoms with Crippen molar-refractivity contribution in [3.63, 3.8) is 0 Å². The summed E-state index contributed by atoms with van der Waals surface area (Å²) in [5.74, 6) is -3.33. The molecule has 0 heterocycles. The molecule has 0 radical (unpaired) electrons. The van der Waals surface area contributed by atoms with Gasteiger partial charge in [-0.15, -0.1) is 0 Å². The van der Waals surface area contributed by atoms with Gasteiger partial charge in [-0.3, -0.25) is 19.2 Å². The zero-order valence-corrected chi connectivity index (χ0v) is 18.7. The summed E-state index contributed by atoms with van der Waals surface area (Å²) in [4.78, 5) is 36.0. The molecule has 25 heavy (non-hydrogen) atoms. The van der Waals surface area contributed by atoms with E-state index in [9.17, 15) is 0 Å². The number of carboxylic acid groups (broad SMARTS) is 4. The van der Waals surface area contributed by atoms with Gasteiger partial charge in [0.25, 0.3) is 23.9 Å². The number of aliphatic carboxylic acids is 4. The molecule has 10 nitrogen and oxygen atoms in total. The number of carboxylic acids is 4. The average Bonchev–Trinajstić information content (AvgIpc) is 2.24. The van der Waals surface area contributed by atoms with E-state index < -0.39 is 23.9 Å². The standard InChI is InChI=1S/C6H14N2.4C2H4O2.K.H/c7-6(8)4-2-1-3-5-6;4*1-2(3)4;;/h1-5,7-8H2;4*1H3,(H,3,4);;/q;;;;;+1;-1. The molecule has 1 fully saturated rings. The Morgan fingerprint density at radius 3 is 0.920 bits per heavy atom. The van der Waals surface area contributed by atoms with E-state index in [2.05, 4.69) is 0 Å². The van der Waals surface area contributed by atoms with Crippen LogP contribution in [0.1, 0.15) is 61.2 Å². The van der Waals surface area contributed by atoms with Crippen molar-refractivity contribution in [1.82, 2.24) is 0 Å². The Morgan fingerprint density at radius 1 is 0.680 bits per heavy atom. The van der Waals surface area contributed by atoms with E-state index in [1.54, 1.807) is 0 Å². The summed E-state index contributed by atoms with van der Waals surface area (Å²) in [6.07, 6.45) is 5.76. The molecular weight excluding hydrogens is 363 g/mol. The van der Waals surface area contributed by atoms with Gasteiger partial charge in [-0.05, 0) is 12.8 Å². The fraction of sp³-hybridized carbons (Fsp3) is 0.714. The minimum atomic E-state index is -0.833. The molecule has 1 aliphatic rings. The molecule has 1 rings (SSSR count). The van der Waals surface area contributed by atoms with Crippen LogP contribution in [0.2, 0.25) is 0 Å². The van der Waals surface area contributed by atoms with Crippen molar-refractivity contribution in [2.45, 2.75) is 65.5 Å². The fourth-order valence-corrected chi connectivity index (χ4v) is 1.21. The Kier molecular flexibility index (Phi) is 33.3. The van der Waals surface area contributed by atoms with E-state index in [-0.39, 0.29) is 58.5 Å². The van der Waals surface area contributed by atoms with Crippen molar-refractivity contribution in [3.8, 4) is 0 Å². The Hall–Kier alpha value is -0.564. The van der Waals surface area contributed by atoms with Gasteiger partial charge in [-0.25, -0.2) is 0 Å². The van der Waals surface area contributed by atoms with E-state index in [1.807, 2.05) is 0 Å². The second-order valence-corrected chi connectivity index (χ2v) is 4.87. The minimum Gasteiger partial charge on any atom is -1.00 e. The second-order valence-electron chi connectivity index (χ2n) is 4.87. The van der Waals surface area contributed by atoms with E-state index >= 15 is 0 Å².